The van der Waals surface area contributed by atoms with E-state index in [1.54, 1.807) is 24.5 Å². The number of hydrazine groups is 1. The molecule has 11 nitrogen and oxygen atoms in total. The monoisotopic (exact) mass is 601 g/mol. The summed E-state index contributed by atoms with van der Waals surface area (Å²) in [6.45, 7) is 2.48. The first-order valence-corrected chi connectivity index (χ1v) is 12.8. The van der Waals surface area contributed by atoms with E-state index in [4.69, 9.17) is 14.6 Å². The highest BCUT2D eigenvalue weighted by Gasteiger charge is 2.26. The molecule has 3 N–H and O–H groups in total. The fraction of sp³-hybridized carbons (Fsp3) is 0.263. The number of halogens is 2. The van der Waals surface area contributed by atoms with Crippen LogP contribution in [0.25, 0.3) is 11.1 Å². The Kier molecular flexibility index (Phi) is 8.91. The summed E-state index contributed by atoms with van der Waals surface area (Å²) in [7, 11) is -4.19. The Balaban J connectivity index is 1.91. The van der Waals surface area contributed by atoms with Gasteiger partial charge in [-0.1, -0.05) is 35.0 Å². The standard InChI is InChI=1S/C19H21Br2N7O4S/c1-2-7-27-28(33(22,29)30)17-16(13-3-5-14(20)6-4-13)18(26-12-25-17)31-8-9-32-19-23-10-15(21)11-24-19/h3-6,10-12,27H,2,7-9H2,1H3,(H2,22,29,30). The molecule has 0 amide bonds. The molecule has 176 valence electrons. The van der Waals surface area contributed by atoms with Crippen LogP contribution in [0.15, 0.2) is 51.9 Å². The zero-order valence-corrected chi connectivity index (χ0v) is 21.5. The molecule has 1 aromatic carbocycles. The number of anilines is 1. The van der Waals surface area contributed by atoms with Crippen LogP contribution in [0.4, 0.5) is 5.82 Å². The summed E-state index contributed by atoms with van der Waals surface area (Å²) < 4.78 is 38.4. The van der Waals surface area contributed by atoms with Gasteiger partial charge >= 0.3 is 16.2 Å². The van der Waals surface area contributed by atoms with Gasteiger partial charge in [-0.05, 0) is 40.0 Å². The normalized spacial score (nSPS) is 11.3. The van der Waals surface area contributed by atoms with Gasteiger partial charge in [-0.15, -0.1) is 0 Å². The van der Waals surface area contributed by atoms with Gasteiger partial charge in [0.15, 0.2) is 5.82 Å². The van der Waals surface area contributed by atoms with Crippen molar-refractivity contribution in [3.63, 3.8) is 0 Å². The van der Waals surface area contributed by atoms with Gasteiger partial charge in [-0.3, -0.25) is 0 Å². The van der Waals surface area contributed by atoms with Crippen LogP contribution < -0.4 is 24.5 Å². The van der Waals surface area contributed by atoms with Crippen molar-refractivity contribution < 1.29 is 17.9 Å². The molecular formula is C19H21Br2N7O4S. The Morgan fingerprint density at radius 1 is 1.00 bits per heavy atom. The van der Waals surface area contributed by atoms with Gasteiger partial charge in [0.25, 0.3) is 0 Å². The fourth-order valence-corrected chi connectivity index (χ4v) is 3.76. The topological polar surface area (TPSA) is 145 Å². The van der Waals surface area contributed by atoms with Gasteiger partial charge in [-0.25, -0.2) is 30.5 Å². The van der Waals surface area contributed by atoms with E-state index in [2.05, 4.69) is 57.2 Å². The van der Waals surface area contributed by atoms with Gasteiger partial charge in [0.2, 0.25) is 5.88 Å². The van der Waals surface area contributed by atoms with Crippen LogP contribution in [0.3, 0.4) is 0 Å². The van der Waals surface area contributed by atoms with Crippen LogP contribution in [0.1, 0.15) is 13.3 Å². The van der Waals surface area contributed by atoms with Gasteiger partial charge in [-0.2, -0.15) is 12.8 Å². The van der Waals surface area contributed by atoms with Crippen molar-refractivity contribution >= 4 is 47.9 Å². The Bertz CT molecular complexity index is 1170. The van der Waals surface area contributed by atoms with E-state index in [1.165, 1.54) is 6.33 Å². The summed E-state index contributed by atoms with van der Waals surface area (Å²) in [6, 6.07) is 7.39. The molecule has 0 unspecified atom stereocenters. The maximum atomic E-state index is 12.3. The molecule has 0 aliphatic heterocycles. The van der Waals surface area contributed by atoms with Crippen molar-refractivity contribution in [3.8, 4) is 23.0 Å². The maximum Gasteiger partial charge on any atom is 0.316 e. The highest BCUT2D eigenvalue weighted by Crippen LogP contribution is 2.36. The van der Waals surface area contributed by atoms with Crippen molar-refractivity contribution in [1.82, 2.24) is 25.4 Å². The third-order valence-electron chi connectivity index (χ3n) is 4.03. The molecule has 0 saturated carbocycles. The van der Waals surface area contributed by atoms with Gasteiger partial charge in [0, 0.05) is 23.4 Å². The molecule has 0 atom stereocenters. The van der Waals surface area contributed by atoms with Gasteiger partial charge in [0.05, 0.1) is 10.0 Å². The van der Waals surface area contributed by atoms with Crippen LogP contribution >= 0.6 is 31.9 Å². The summed E-state index contributed by atoms with van der Waals surface area (Å²) in [4.78, 5) is 16.5. The van der Waals surface area contributed by atoms with Gasteiger partial charge < -0.3 is 9.47 Å². The molecule has 0 spiro atoms. The second kappa shape index (κ2) is 11.7. The fourth-order valence-electron chi connectivity index (χ4n) is 2.64. The minimum absolute atomic E-state index is 0.0374. The van der Waals surface area contributed by atoms with Crippen molar-refractivity contribution in [2.45, 2.75) is 13.3 Å². The SMILES string of the molecule is CCCNN(c1ncnc(OCCOc2ncc(Br)cn2)c1-c1ccc(Br)cc1)S(N)(=O)=O. The van der Waals surface area contributed by atoms with E-state index in [9.17, 15) is 8.42 Å². The number of rotatable bonds is 11. The van der Waals surface area contributed by atoms with Crippen LogP contribution in [-0.2, 0) is 10.2 Å². The highest BCUT2D eigenvalue weighted by molar-refractivity contribution is 9.10. The number of hydrogen-bond acceptors (Lipinski definition) is 9. The van der Waals surface area contributed by atoms with Crippen LogP contribution in [-0.4, -0.2) is 48.1 Å². The first-order chi connectivity index (χ1) is 15.8. The first-order valence-electron chi connectivity index (χ1n) is 9.70. The molecule has 0 saturated heterocycles. The molecule has 0 fully saturated rings. The van der Waals surface area contributed by atoms with E-state index < -0.39 is 10.2 Å². The highest BCUT2D eigenvalue weighted by atomic mass is 79.9. The van der Waals surface area contributed by atoms with Crippen molar-refractivity contribution in [3.05, 3.63) is 51.9 Å². The Hall–Kier alpha value is -2.39. The van der Waals surface area contributed by atoms with Crippen molar-refractivity contribution in [2.24, 2.45) is 5.14 Å². The first kappa shape index (κ1) is 25.2. The quantitative estimate of drug-likeness (QED) is 0.250. The second-order valence-electron chi connectivity index (χ2n) is 6.48. The van der Waals surface area contributed by atoms with E-state index in [-0.39, 0.29) is 30.9 Å². The average Bonchev–Trinajstić information content (AvgIpc) is 2.78. The lowest BCUT2D eigenvalue weighted by molar-refractivity contribution is 0.202. The number of nitrogens with zero attached hydrogens (tertiary/aromatic N) is 5. The number of benzene rings is 1. The number of ether oxygens (including phenoxy) is 2. The largest absolute Gasteiger partial charge is 0.473 e. The molecule has 2 heterocycles. The summed E-state index contributed by atoms with van der Waals surface area (Å²) in [5.41, 5.74) is 3.77. The molecule has 3 aromatic rings. The smallest absolute Gasteiger partial charge is 0.316 e. The molecule has 0 radical (unpaired) electrons. The van der Waals surface area contributed by atoms with Crippen molar-refractivity contribution in [1.29, 1.82) is 0 Å². The summed E-state index contributed by atoms with van der Waals surface area (Å²) in [5, 5.41) is 5.46. The molecule has 3 rings (SSSR count). The predicted molar refractivity (Wildman–Crippen MR) is 130 cm³/mol. The number of aromatic nitrogens is 4. The Morgan fingerprint density at radius 2 is 1.67 bits per heavy atom. The third-order valence-corrected chi connectivity index (χ3v) is 5.78. The van der Waals surface area contributed by atoms with E-state index in [0.29, 0.717) is 24.1 Å². The molecular weight excluding hydrogens is 582 g/mol. The van der Waals surface area contributed by atoms with Crippen LogP contribution in [0.5, 0.6) is 11.9 Å². The predicted octanol–water partition coefficient (Wildman–Crippen LogP) is 2.84. The summed E-state index contributed by atoms with van der Waals surface area (Å²) in [6.07, 6.45) is 5.01. The van der Waals surface area contributed by atoms with E-state index in [0.717, 1.165) is 13.4 Å². The molecule has 33 heavy (non-hydrogen) atoms. The zero-order chi connectivity index (χ0) is 23.8. The molecule has 0 bridgehead atoms. The van der Waals surface area contributed by atoms with Crippen LogP contribution in [0.2, 0.25) is 0 Å². The molecule has 14 heteroatoms. The Morgan fingerprint density at radius 3 is 2.30 bits per heavy atom. The van der Waals surface area contributed by atoms with E-state index >= 15 is 0 Å². The maximum absolute atomic E-state index is 12.3. The lowest BCUT2D eigenvalue weighted by Crippen LogP contribution is -2.47. The van der Waals surface area contributed by atoms with Crippen LogP contribution in [0, 0.1) is 0 Å². The number of nitrogens with one attached hydrogen (secondary N) is 1. The third kappa shape index (κ3) is 7.04. The molecule has 2 aromatic heterocycles. The number of hydrogen-bond donors (Lipinski definition) is 2. The summed E-state index contributed by atoms with van der Waals surface area (Å²) >= 11 is 6.65. The Labute approximate surface area is 208 Å². The van der Waals surface area contributed by atoms with Gasteiger partial charge in [0.1, 0.15) is 19.5 Å². The lowest BCUT2D eigenvalue weighted by atomic mass is 10.1. The summed E-state index contributed by atoms with van der Waals surface area (Å²) in [5.74, 6) is 0.199. The van der Waals surface area contributed by atoms with Crippen molar-refractivity contribution in [2.75, 3.05) is 24.2 Å². The zero-order valence-electron chi connectivity index (χ0n) is 17.5. The minimum atomic E-state index is -4.19. The molecule has 0 aliphatic rings. The van der Waals surface area contributed by atoms with E-state index in [1.807, 2.05) is 19.1 Å². The number of nitrogens with two attached hydrogens (primary N) is 1. The average molecular weight is 603 g/mol. The molecule has 0 aliphatic carbocycles. The second-order valence-corrected chi connectivity index (χ2v) is 9.71. The lowest BCUT2D eigenvalue weighted by Gasteiger charge is -2.24. The minimum Gasteiger partial charge on any atom is -0.473 e.